The number of guanidine groups is 1. The predicted molar refractivity (Wildman–Crippen MR) is 109 cm³/mol. The molecule has 7 heteroatoms. The average Bonchev–Trinajstić information content (AvgIpc) is 3.01. The van der Waals surface area contributed by atoms with Crippen molar-refractivity contribution < 1.29 is 9.47 Å². The first-order chi connectivity index (χ1) is 11.1. The summed E-state index contributed by atoms with van der Waals surface area (Å²) in [4.78, 5) is 9.72. The van der Waals surface area contributed by atoms with E-state index in [4.69, 9.17) is 14.5 Å². The maximum atomic E-state index is 5.55. The number of hydrogen-bond donors (Lipinski definition) is 1. The van der Waals surface area contributed by atoms with Gasteiger partial charge in [-0.15, -0.1) is 24.0 Å². The average molecular weight is 454 g/mol. The van der Waals surface area contributed by atoms with Gasteiger partial charge in [-0.1, -0.05) is 0 Å². The van der Waals surface area contributed by atoms with Gasteiger partial charge in [-0.2, -0.15) is 0 Å². The van der Waals surface area contributed by atoms with Gasteiger partial charge in [0, 0.05) is 51.4 Å². The van der Waals surface area contributed by atoms with Gasteiger partial charge in [0.05, 0.1) is 13.2 Å². The van der Waals surface area contributed by atoms with Gasteiger partial charge < -0.3 is 24.6 Å². The highest BCUT2D eigenvalue weighted by atomic mass is 127. The lowest BCUT2D eigenvalue weighted by Crippen LogP contribution is -2.52. The van der Waals surface area contributed by atoms with Crippen molar-refractivity contribution >= 4 is 29.9 Å². The minimum absolute atomic E-state index is 0. The van der Waals surface area contributed by atoms with Crippen LogP contribution in [0.3, 0.4) is 0 Å². The number of ether oxygens (including phenoxy) is 2. The molecule has 0 aromatic carbocycles. The Morgan fingerprint density at radius 2 is 2.08 bits per heavy atom. The van der Waals surface area contributed by atoms with Crippen molar-refractivity contribution in [3.8, 4) is 0 Å². The van der Waals surface area contributed by atoms with E-state index in [9.17, 15) is 0 Å². The Morgan fingerprint density at radius 3 is 2.67 bits per heavy atom. The molecule has 6 nitrogen and oxygen atoms in total. The molecular formula is C17H35IN4O2. The van der Waals surface area contributed by atoms with E-state index in [-0.39, 0.29) is 29.5 Å². The second-order valence-corrected chi connectivity index (χ2v) is 6.96. The van der Waals surface area contributed by atoms with Crippen LogP contribution in [0.15, 0.2) is 4.99 Å². The summed E-state index contributed by atoms with van der Waals surface area (Å²) in [6.07, 6.45) is 3.29. The fraction of sp³-hybridized carbons (Fsp3) is 0.941. The molecule has 2 aliphatic rings. The van der Waals surface area contributed by atoms with Crippen LogP contribution < -0.4 is 5.32 Å². The normalized spacial score (nSPS) is 24.1. The Morgan fingerprint density at radius 1 is 1.38 bits per heavy atom. The Bertz CT molecular complexity index is 387. The summed E-state index contributed by atoms with van der Waals surface area (Å²) >= 11 is 0. The number of nitrogens with one attached hydrogen (secondary N) is 1. The lowest BCUT2D eigenvalue weighted by atomic mass is 9.89. The largest absolute Gasteiger partial charge is 0.384 e. The van der Waals surface area contributed by atoms with Crippen LogP contribution in [0.1, 0.15) is 26.2 Å². The van der Waals surface area contributed by atoms with Gasteiger partial charge in [-0.05, 0) is 40.3 Å². The van der Waals surface area contributed by atoms with Crippen molar-refractivity contribution in [3.05, 3.63) is 0 Å². The second-order valence-electron chi connectivity index (χ2n) is 6.96. The standard InChI is InChI=1S/C17H34N4O2.HI/c1-5-18-16(21-9-6-15(12-21)13-22-4)19-14-17(20(2)3)7-10-23-11-8-17;/h15H,5-14H2,1-4H3,(H,18,19);1H. The number of methoxy groups -OCH3 is 1. The van der Waals surface area contributed by atoms with Gasteiger partial charge in [0.15, 0.2) is 5.96 Å². The number of halogens is 1. The minimum atomic E-state index is 0. The molecule has 0 aromatic rings. The van der Waals surface area contributed by atoms with E-state index in [1.54, 1.807) is 7.11 Å². The predicted octanol–water partition coefficient (Wildman–Crippen LogP) is 1.65. The summed E-state index contributed by atoms with van der Waals surface area (Å²) < 4.78 is 10.9. The van der Waals surface area contributed by atoms with E-state index < -0.39 is 0 Å². The molecular weight excluding hydrogens is 419 g/mol. The third-order valence-corrected chi connectivity index (χ3v) is 5.22. The summed E-state index contributed by atoms with van der Waals surface area (Å²) in [5, 5.41) is 3.47. The SMILES string of the molecule is CCNC(=NCC1(N(C)C)CCOCC1)N1CCC(COC)C1.I. The molecule has 0 radical (unpaired) electrons. The first-order valence-electron chi connectivity index (χ1n) is 8.88. The highest BCUT2D eigenvalue weighted by Crippen LogP contribution is 2.26. The van der Waals surface area contributed by atoms with Crippen LogP contribution in [0.2, 0.25) is 0 Å². The van der Waals surface area contributed by atoms with Crippen molar-refractivity contribution in [1.29, 1.82) is 0 Å². The van der Waals surface area contributed by atoms with Crippen molar-refractivity contribution in [1.82, 2.24) is 15.1 Å². The maximum absolute atomic E-state index is 5.55. The Balaban J connectivity index is 0.00000288. The number of nitrogens with zero attached hydrogens (tertiary/aromatic N) is 3. The van der Waals surface area contributed by atoms with E-state index in [0.717, 1.165) is 64.8 Å². The van der Waals surface area contributed by atoms with E-state index in [0.29, 0.717) is 5.92 Å². The van der Waals surface area contributed by atoms with Crippen LogP contribution in [-0.4, -0.2) is 88.5 Å². The van der Waals surface area contributed by atoms with Gasteiger partial charge in [0.2, 0.25) is 0 Å². The van der Waals surface area contributed by atoms with Crippen LogP contribution >= 0.6 is 24.0 Å². The lowest BCUT2D eigenvalue weighted by Gasteiger charge is -2.42. The molecule has 2 rings (SSSR count). The molecule has 1 N–H and O–H groups in total. The zero-order valence-corrected chi connectivity index (χ0v) is 18.0. The number of aliphatic imine (C=N–C) groups is 1. The van der Waals surface area contributed by atoms with Crippen LogP contribution in [0.25, 0.3) is 0 Å². The van der Waals surface area contributed by atoms with E-state index in [2.05, 4.69) is 36.1 Å². The van der Waals surface area contributed by atoms with E-state index >= 15 is 0 Å². The molecule has 2 saturated heterocycles. The molecule has 2 fully saturated rings. The third-order valence-electron chi connectivity index (χ3n) is 5.22. The lowest BCUT2D eigenvalue weighted by molar-refractivity contribution is -0.00263. The van der Waals surface area contributed by atoms with Gasteiger partial charge in [0.1, 0.15) is 0 Å². The molecule has 0 saturated carbocycles. The summed E-state index contributed by atoms with van der Waals surface area (Å²) in [5.74, 6) is 1.67. The van der Waals surface area contributed by atoms with Gasteiger partial charge >= 0.3 is 0 Å². The van der Waals surface area contributed by atoms with Crippen LogP contribution in [0.5, 0.6) is 0 Å². The van der Waals surface area contributed by atoms with Crippen LogP contribution in [0.4, 0.5) is 0 Å². The smallest absolute Gasteiger partial charge is 0.193 e. The third kappa shape index (κ3) is 5.71. The number of likely N-dealkylation sites (N-methyl/N-ethyl adjacent to an activating group) is 1. The second kappa shape index (κ2) is 10.8. The molecule has 2 heterocycles. The Kier molecular flexibility index (Phi) is 9.84. The van der Waals surface area contributed by atoms with Crippen molar-refractivity contribution in [2.24, 2.45) is 10.9 Å². The van der Waals surface area contributed by atoms with E-state index in [1.807, 2.05) is 0 Å². The fourth-order valence-electron chi connectivity index (χ4n) is 3.54. The first kappa shape index (κ1) is 21.9. The zero-order chi connectivity index (χ0) is 16.7. The molecule has 1 unspecified atom stereocenters. The molecule has 24 heavy (non-hydrogen) atoms. The van der Waals surface area contributed by atoms with E-state index in [1.165, 1.54) is 6.42 Å². The van der Waals surface area contributed by atoms with Gasteiger partial charge in [0.25, 0.3) is 0 Å². The monoisotopic (exact) mass is 454 g/mol. The molecule has 0 bridgehead atoms. The van der Waals surface area contributed by atoms with Crippen molar-refractivity contribution in [2.45, 2.75) is 31.7 Å². The molecule has 142 valence electrons. The number of hydrogen-bond acceptors (Lipinski definition) is 4. The zero-order valence-electron chi connectivity index (χ0n) is 15.7. The summed E-state index contributed by atoms with van der Waals surface area (Å²) in [5.41, 5.74) is 0.130. The maximum Gasteiger partial charge on any atom is 0.193 e. The minimum Gasteiger partial charge on any atom is -0.384 e. The molecule has 2 aliphatic heterocycles. The van der Waals surface area contributed by atoms with Crippen molar-refractivity contribution in [2.75, 3.05) is 67.2 Å². The summed E-state index contributed by atoms with van der Waals surface area (Å²) in [6, 6.07) is 0. The summed E-state index contributed by atoms with van der Waals surface area (Å²) in [6.45, 7) is 8.49. The highest BCUT2D eigenvalue weighted by Gasteiger charge is 2.35. The van der Waals surface area contributed by atoms with Crippen LogP contribution in [-0.2, 0) is 9.47 Å². The number of likely N-dealkylation sites (tertiary alicyclic amines) is 1. The Labute approximate surface area is 164 Å². The number of rotatable bonds is 6. The van der Waals surface area contributed by atoms with Gasteiger partial charge in [-0.25, -0.2) is 0 Å². The van der Waals surface area contributed by atoms with Gasteiger partial charge in [-0.3, -0.25) is 4.99 Å². The quantitative estimate of drug-likeness (QED) is 0.376. The van der Waals surface area contributed by atoms with Crippen molar-refractivity contribution in [3.63, 3.8) is 0 Å². The highest BCUT2D eigenvalue weighted by molar-refractivity contribution is 14.0. The Hall–Kier alpha value is -0.120. The molecule has 0 spiro atoms. The molecule has 1 atom stereocenters. The molecule has 0 amide bonds. The summed E-state index contributed by atoms with van der Waals surface area (Å²) in [7, 11) is 6.12. The fourth-order valence-corrected chi connectivity index (χ4v) is 3.54. The van der Waals surface area contributed by atoms with Crippen LogP contribution in [0, 0.1) is 5.92 Å². The first-order valence-corrected chi connectivity index (χ1v) is 8.88. The molecule has 0 aromatic heterocycles. The topological polar surface area (TPSA) is 49.3 Å². The molecule has 0 aliphatic carbocycles.